The standard InChI is InChI=1S/C55H36N4/c1-3-15-40(16-4-1)53-56-54(41-17-5-2-6-18-41)58-55(57-53)42-33-31-38(32-34-42)44-36-35-43(46-20-7-8-21-47(44)46)37-27-29-39(30-28-37)45-19-9-12-24-50(45)59-51-25-13-10-22-48(51)49-23-11-14-26-52(49)59/h1-36H. The van der Waals surface area contributed by atoms with Crippen molar-refractivity contribution in [1.29, 1.82) is 0 Å². The molecular weight excluding hydrogens is 717 g/mol. The van der Waals surface area contributed by atoms with Crippen molar-refractivity contribution in [2.75, 3.05) is 0 Å². The first kappa shape index (κ1) is 34.3. The molecule has 0 aliphatic rings. The fraction of sp³-hybridized carbons (Fsp3) is 0. The van der Waals surface area contributed by atoms with E-state index in [2.05, 4.69) is 162 Å². The predicted molar refractivity (Wildman–Crippen MR) is 244 cm³/mol. The minimum atomic E-state index is 0.644. The summed E-state index contributed by atoms with van der Waals surface area (Å²) < 4.78 is 2.40. The normalized spacial score (nSPS) is 11.4. The highest BCUT2D eigenvalue weighted by atomic mass is 15.0. The first-order valence-electron chi connectivity index (χ1n) is 19.9. The van der Waals surface area contributed by atoms with Crippen molar-refractivity contribution in [3.63, 3.8) is 0 Å². The zero-order valence-electron chi connectivity index (χ0n) is 32.1. The average molecular weight is 753 g/mol. The fourth-order valence-electron chi connectivity index (χ4n) is 8.46. The quantitative estimate of drug-likeness (QED) is 0.163. The van der Waals surface area contributed by atoms with Gasteiger partial charge in [-0.15, -0.1) is 0 Å². The van der Waals surface area contributed by atoms with Gasteiger partial charge in [0.15, 0.2) is 17.5 Å². The van der Waals surface area contributed by atoms with E-state index in [-0.39, 0.29) is 0 Å². The van der Waals surface area contributed by atoms with Crippen molar-refractivity contribution in [3.8, 4) is 73.2 Å². The summed E-state index contributed by atoms with van der Waals surface area (Å²) in [5.41, 5.74) is 13.5. The lowest BCUT2D eigenvalue weighted by atomic mass is 9.91. The van der Waals surface area contributed by atoms with Crippen molar-refractivity contribution in [2.45, 2.75) is 0 Å². The second kappa shape index (κ2) is 14.5. The summed E-state index contributed by atoms with van der Waals surface area (Å²) in [6.45, 7) is 0. The molecule has 11 rings (SSSR count). The van der Waals surface area contributed by atoms with Crippen LogP contribution >= 0.6 is 0 Å². The van der Waals surface area contributed by atoms with Crippen LogP contribution in [0.15, 0.2) is 218 Å². The Morgan fingerprint density at radius 1 is 0.237 bits per heavy atom. The molecule has 0 bridgehead atoms. The van der Waals surface area contributed by atoms with Crippen LogP contribution in [0.1, 0.15) is 0 Å². The van der Waals surface area contributed by atoms with Gasteiger partial charge in [0.25, 0.3) is 0 Å². The number of benzene rings is 9. The molecule has 2 aromatic heterocycles. The lowest BCUT2D eigenvalue weighted by molar-refractivity contribution is 1.07. The van der Waals surface area contributed by atoms with Gasteiger partial charge in [0.05, 0.1) is 16.7 Å². The van der Waals surface area contributed by atoms with Crippen molar-refractivity contribution < 1.29 is 0 Å². The van der Waals surface area contributed by atoms with E-state index >= 15 is 0 Å². The third kappa shape index (κ3) is 6.15. The number of rotatable bonds is 7. The average Bonchev–Trinajstić information content (AvgIpc) is 3.66. The first-order chi connectivity index (χ1) is 29.3. The zero-order valence-corrected chi connectivity index (χ0v) is 32.1. The second-order valence-electron chi connectivity index (χ2n) is 14.8. The molecule has 2 heterocycles. The van der Waals surface area contributed by atoms with Crippen molar-refractivity contribution in [3.05, 3.63) is 218 Å². The van der Waals surface area contributed by atoms with Crippen molar-refractivity contribution in [1.82, 2.24) is 19.5 Å². The third-order valence-electron chi connectivity index (χ3n) is 11.3. The molecule has 0 aliphatic heterocycles. The minimum absolute atomic E-state index is 0.644. The van der Waals surface area contributed by atoms with Crippen LogP contribution in [0.5, 0.6) is 0 Å². The highest BCUT2D eigenvalue weighted by molar-refractivity contribution is 6.10. The van der Waals surface area contributed by atoms with Gasteiger partial charge in [-0.25, -0.2) is 15.0 Å². The highest BCUT2D eigenvalue weighted by Crippen LogP contribution is 2.39. The maximum Gasteiger partial charge on any atom is 0.164 e. The fourth-order valence-corrected chi connectivity index (χ4v) is 8.46. The second-order valence-corrected chi connectivity index (χ2v) is 14.8. The number of aromatic nitrogens is 4. The van der Waals surface area contributed by atoms with E-state index in [1.807, 2.05) is 60.7 Å². The molecule has 0 fully saturated rings. The van der Waals surface area contributed by atoms with E-state index in [0.717, 1.165) is 22.3 Å². The SMILES string of the molecule is c1ccc(-c2nc(-c3ccccc3)nc(-c3ccc(-c4ccc(-c5ccc(-c6ccccc6-n6c7ccccc7c7ccccc76)cc5)c5ccccc45)cc3)n2)cc1. The molecule has 0 saturated heterocycles. The lowest BCUT2D eigenvalue weighted by Gasteiger charge is -2.15. The highest BCUT2D eigenvalue weighted by Gasteiger charge is 2.17. The molecule has 59 heavy (non-hydrogen) atoms. The molecule has 0 radical (unpaired) electrons. The summed E-state index contributed by atoms with van der Waals surface area (Å²) >= 11 is 0. The van der Waals surface area contributed by atoms with Gasteiger partial charge >= 0.3 is 0 Å². The van der Waals surface area contributed by atoms with Gasteiger partial charge in [-0.1, -0.05) is 200 Å². The van der Waals surface area contributed by atoms with Crippen molar-refractivity contribution in [2.24, 2.45) is 0 Å². The summed E-state index contributed by atoms with van der Waals surface area (Å²) in [4.78, 5) is 14.7. The van der Waals surface area contributed by atoms with Gasteiger partial charge in [0.2, 0.25) is 0 Å². The summed E-state index contributed by atoms with van der Waals surface area (Å²) in [6, 6.07) is 77.1. The topological polar surface area (TPSA) is 43.6 Å². The Kier molecular flexibility index (Phi) is 8.45. The van der Waals surface area contributed by atoms with Crippen LogP contribution in [0.3, 0.4) is 0 Å². The van der Waals surface area contributed by atoms with Gasteiger partial charge < -0.3 is 4.57 Å². The zero-order chi connectivity index (χ0) is 39.1. The van der Waals surface area contributed by atoms with Gasteiger partial charge in [0.1, 0.15) is 0 Å². The minimum Gasteiger partial charge on any atom is -0.309 e. The number of fused-ring (bicyclic) bond motifs is 4. The molecule has 0 saturated carbocycles. The molecule has 9 aromatic carbocycles. The summed E-state index contributed by atoms with van der Waals surface area (Å²) in [5, 5.41) is 4.94. The Labute approximate surface area is 342 Å². The molecule has 4 nitrogen and oxygen atoms in total. The predicted octanol–water partition coefficient (Wildman–Crippen LogP) is 14.1. The van der Waals surface area contributed by atoms with Crippen LogP contribution in [0.25, 0.3) is 106 Å². The van der Waals surface area contributed by atoms with Gasteiger partial charge in [-0.2, -0.15) is 0 Å². The molecule has 0 atom stereocenters. The van der Waals surface area contributed by atoms with E-state index in [0.29, 0.717) is 17.5 Å². The Morgan fingerprint density at radius 3 is 1.05 bits per heavy atom. The van der Waals surface area contributed by atoms with Gasteiger partial charge in [0, 0.05) is 33.0 Å². The van der Waals surface area contributed by atoms with Gasteiger partial charge in [-0.3, -0.25) is 0 Å². The van der Waals surface area contributed by atoms with E-state index < -0.39 is 0 Å². The Morgan fingerprint density at radius 2 is 0.576 bits per heavy atom. The van der Waals surface area contributed by atoms with E-state index in [1.165, 1.54) is 66.1 Å². The Balaban J connectivity index is 0.938. The Hall–Kier alpha value is -7.95. The molecule has 0 spiro atoms. The van der Waals surface area contributed by atoms with Crippen LogP contribution in [0.4, 0.5) is 0 Å². The molecule has 11 aromatic rings. The van der Waals surface area contributed by atoms with Crippen molar-refractivity contribution >= 4 is 32.6 Å². The van der Waals surface area contributed by atoms with Crippen LogP contribution in [0, 0.1) is 0 Å². The van der Waals surface area contributed by atoms with Gasteiger partial charge in [-0.05, 0) is 56.8 Å². The number of para-hydroxylation sites is 3. The molecule has 0 aliphatic carbocycles. The largest absolute Gasteiger partial charge is 0.309 e. The molecule has 0 unspecified atom stereocenters. The summed E-state index contributed by atoms with van der Waals surface area (Å²) in [5.74, 6) is 1.95. The maximum atomic E-state index is 4.94. The van der Waals surface area contributed by atoms with E-state index in [4.69, 9.17) is 15.0 Å². The molecular formula is C55H36N4. The van der Waals surface area contributed by atoms with E-state index in [1.54, 1.807) is 0 Å². The summed E-state index contributed by atoms with van der Waals surface area (Å²) in [6.07, 6.45) is 0. The molecule has 0 amide bonds. The summed E-state index contributed by atoms with van der Waals surface area (Å²) in [7, 11) is 0. The molecule has 276 valence electrons. The third-order valence-corrected chi connectivity index (χ3v) is 11.3. The van der Waals surface area contributed by atoms with E-state index in [9.17, 15) is 0 Å². The number of nitrogens with zero attached hydrogens (tertiary/aromatic N) is 4. The first-order valence-corrected chi connectivity index (χ1v) is 19.9. The lowest BCUT2D eigenvalue weighted by Crippen LogP contribution is -2.00. The van der Waals surface area contributed by atoms with Crippen LogP contribution in [-0.2, 0) is 0 Å². The number of hydrogen-bond acceptors (Lipinski definition) is 3. The monoisotopic (exact) mass is 752 g/mol. The Bertz CT molecular complexity index is 3180. The molecule has 4 heteroatoms. The number of hydrogen-bond donors (Lipinski definition) is 0. The van der Waals surface area contributed by atoms with Crippen LogP contribution in [-0.4, -0.2) is 19.5 Å². The van der Waals surface area contributed by atoms with Crippen LogP contribution in [0.2, 0.25) is 0 Å². The van der Waals surface area contributed by atoms with Crippen LogP contribution < -0.4 is 0 Å². The smallest absolute Gasteiger partial charge is 0.164 e. The molecule has 0 N–H and O–H groups in total. The maximum absolute atomic E-state index is 4.94.